The van der Waals surface area contributed by atoms with Crippen molar-refractivity contribution in [3.05, 3.63) is 120 Å². The molecule has 0 saturated heterocycles. The predicted molar refractivity (Wildman–Crippen MR) is 151 cm³/mol. The Bertz CT molecular complexity index is 1230. The zero-order valence-corrected chi connectivity index (χ0v) is 21.1. The van der Waals surface area contributed by atoms with E-state index in [4.69, 9.17) is 9.47 Å². The van der Waals surface area contributed by atoms with Crippen LogP contribution in [0.4, 0.5) is 11.4 Å². The summed E-state index contributed by atoms with van der Waals surface area (Å²) >= 11 is 0. The van der Waals surface area contributed by atoms with Crippen molar-refractivity contribution in [3.63, 3.8) is 0 Å². The van der Waals surface area contributed by atoms with Crippen LogP contribution in [0.15, 0.2) is 109 Å². The molecule has 190 valence electrons. The summed E-state index contributed by atoms with van der Waals surface area (Å²) in [4.78, 5) is 12.5. The molecular weight excluding hydrogens is 460 g/mol. The average Bonchev–Trinajstić information content (AvgIpc) is 2.94. The van der Waals surface area contributed by atoms with Gasteiger partial charge < -0.3 is 20.1 Å². The highest BCUT2D eigenvalue weighted by atomic mass is 16.5. The SMILES string of the molecule is O=C(CNc1cccc(OCCCc2ccccc2)c1)Nc1cccc(OCCCc2ccccc2)c1. The number of amides is 1. The van der Waals surface area contributed by atoms with Crippen LogP contribution in [-0.4, -0.2) is 25.7 Å². The van der Waals surface area contributed by atoms with Crippen molar-refractivity contribution in [2.45, 2.75) is 25.7 Å². The number of carbonyl (C=O) groups excluding carboxylic acids is 1. The number of carbonyl (C=O) groups is 1. The second-order valence-electron chi connectivity index (χ2n) is 8.83. The predicted octanol–water partition coefficient (Wildman–Crippen LogP) is 6.76. The third kappa shape index (κ3) is 9.37. The van der Waals surface area contributed by atoms with Gasteiger partial charge in [-0.25, -0.2) is 0 Å². The van der Waals surface area contributed by atoms with Crippen molar-refractivity contribution in [2.24, 2.45) is 0 Å². The lowest BCUT2D eigenvalue weighted by atomic mass is 10.1. The van der Waals surface area contributed by atoms with Gasteiger partial charge in [0.25, 0.3) is 0 Å². The van der Waals surface area contributed by atoms with Crippen LogP contribution in [0.2, 0.25) is 0 Å². The van der Waals surface area contributed by atoms with E-state index >= 15 is 0 Å². The first-order valence-corrected chi connectivity index (χ1v) is 12.8. The Kier molecular flexibility index (Phi) is 10.0. The molecule has 5 heteroatoms. The molecule has 0 aliphatic rings. The topological polar surface area (TPSA) is 59.6 Å². The van der Waals surface area contributed by atoms with Crippen molar-refractivity contribution < 1.29 is 14.3 Å². The monoisotopic (exact) mass is 494 g/mol. The van der Waals surface area contributed by atoms with Crippen molar-refractivity contribution in [3.8, 4) is 11.5 Å². The van der Waals surface area contributed by atoms with E-state index in [-0.39, 0.29) is 12.5 Å². The van der Waals surface area contributed by atoms with Crippen molar-refractivity contribution in [1.82, 2.24) is 0 Å². The number of hydrogen-bond acceptors (Lipinski definition) is 4. The van der Waals surface area contributed by atoms with Crippen LogP contribution in [-0.2, 0) is 17.6 Å². The fourth-order valence-corrected chi connectivity index (χ4v) is 3.97. The third-order valence-corrected chi connectivity index (χ3v) is 5.85. The van der Waals surface area contributed by atoms with Gasteiger partial charge in [-0.1, -0.05) is 72.8 Å². The van der Waals surface area contributed by atoms with Gasteiger partial charge in [0.15, 0.2) is 0 Å². The van der Waals surface area contributed by atoms with E-state index < -0.39 is 0 Å². The Morgan fingerprint density at radius 1 is 0.595 bits per heavy atom. The van der Waals surface area contributed by atoms with Crippen LogP contribution in [0.1, 0.15) is 24.0 Å². The first-order valence-electron chi connectivity index (χ1n) is 12.8. The molecule has 0 heterocycles. The van der Waals surface area contributed by atoms with E-state index in [1.165, 1.54) is 11.1 Å². The molecule has 0 fully saturated rings. The van der Waals surface area contributed by atoms with Gasteiger partial charge in [0.2, 0.25) is 5.91 Å². The number of ether oxygens (including phenoxy) is 2. The van der Waals surface area contributed by atoms with Gasteiger partial charge in [-0.05, 0) is 61.1 Å². The lowest BCUT2D eigenvalue weighted by Crippen LogP contribution is -2.21. The summed E-state index contributed by atoms with van der Waals surface area (Å²) in [6, 6.07) is 36.0. The number of nitrogens with one attached hydrogen (secondary N) is 2. The first-order chi connectivity index (χ1) is 18.2. The average molecular weight is 495 g/mol. The van der Waals surface area contributed by atoms with Crippen molar-refractivity contribution >= 4 is 17.3 Å². The minimum absolute atomic E-state index is 0.129. The fraction of sp³-hybridized carbons (Fsp3) is 0.219. The summed E-state index contributed by atoms with van der Waals surface area (Å²) in [6.45, 7) is 1.42. The number of anilines is 2. The third-order valence-electron chi connectivity index (χ3n) is 5.85. The van der Waals surface area contributed by atoms with Crippen LogP contribution in [0.25, 0.3) is 0 Å². The second kappa shape index (κ2) is 14.3. The zero-order valence-electron chi connectivity index (χ0n) is 21.1. The molecule has 0 bridgehead atoms. The highest BCUT2D eigenvalue weighted by molar-refractivity contribution is 5.93. The van der Waals surface area contributed by atoms with E-state index in [2.05, 4.69) is 59.2 Å². The summed E-state index contributed by atoms with van der Waals surface area (Å²) in [5.74, 6) is 1.40. The number of rotatable bonds is 14. The summed E-state index contributed by atoms with van der Waals surface area (Å²) in [5, 5.41) is 6.10. The van der Waals surface area contributed by atoms with Crippen LogP contribution < -0.4 is 20.1 Å². The van der Waals surface area contributed by atoms with Crippen LogP contribution in [0, 0.1) is 0 Å². The molecular formula is C32H34N2O3. The Balaban J connectivity index is 1.16. The molecule has 2 N–H and O–H groups in total. The molecule has 0 aromatic heterocycles. The fourth-order valence-electron chi connectivity index (χ4n) is 3.97. The highest BCUT2D eigenvalue weighted by Gasteiger charge is 2.05. The summed E-state index contributed by atoms with van der Waals surface area (Å²) in [6.07, 6.45) is 3.84. The molecule has 0 unspecified atom stereocenters. The largest absolute Gasteiger partial charge is 0.494 e. The van der Waals surface area contributed by atoms with Gasteiger partial charge in [-0.15, -0.1) is 0 Å². The molecule has 1 amide bonds. The quantitative estimate of drug-likeness (QED) is 0.190. The molecule has 0 aliphatic carbocycles. The van der Waals surface area contributed by atoms with Crippen LogP contribution in [0.5, 0.6) is 11.5 Å². The van der Waals surface area contributed by atoms with Crippen molar-refractivity contribution in [2.75, 3.05) is 30.4 Å². The molecule has 4 aromatic rings. The Hall–Kier alpha value is -4.25. The Morgan fingerprint density at radius 2 is 1.11 bits per heavy atom. The molecule has 4 aromatic carbocycles. The summed E-state index contributed by atoms with van der Waals surface area (Å²) < 4.78 is 11.8. The van der Waals surface area contributed by atoms with Crippen LogP contribution >= 0.6 is 0 Å². The summed E-state index contributed by atoms with van der Waals surface area (Å²) in [7, 11) is 0. The number of aryl methyl sites for hydroxylation is 2. The minimum atomic E-state index is -0.129. The second-order valence-corrected chi connectivity index (χ2v) is 8.83. The summed E-state index contributed by atoms with van der Waals surface area (Å²) in [5.41, 5.74) is 4.17. The van der Waals surface area contributed by atoms with Crippen LogP contribution in [0.3, 0.4) is 0 Å². The van der Waals surface area contributed by atoms with Gasteiger partial charge >= 0.3 is 0 Å². The lowest BCUT2D eigenvalue weighted by molar-refractivity contribution is -0.114. The van der Waals surface area contributed by atoms with E-state index in [1.807, 2.05) is 60.7 Å². The van der Waals surface area contributed by atoms with E-state index in [1.54, 1.807) is 0 Å². The minimum Gasteiger partial charge on any atom is -0.494 e. The highest BCUT2D eigenvalue weighted by Crippen LogP contribution is 2.19. The lowest BCUT2D eigenvalue weighted by Gasteiger charge is -2.11. The van der Waals surface area contributed by atoms with Gasteiger partial charge in [0.05, 0.1) is 19.8 Å². The van der Waals surface area contributed by atoms with E-state index in [9.17, 15) is 4.79 Å². The van der Waals surface area contributed by atoms with Crippen molar-refractivity contribution in [1.29, 1.82) is 0 Å². The molecule has 5 nitrogen and oxygen atoms in total. The Labute approximate surface area is 219 Å². The van der Waals surface area contributed by atoms with E-state index in [0.29, 0.717) is 18.9 Å². The Morgan fingerprint density at radius 3 is 1.68 bits per heavy atom. The molecule has 0 spiro atoms. The maximum absolute atomic E-state index is 12.5. The molecule has 0 aliphatic heterocycles. The molecule has 0 atom stereocenters. The van der Waals surface area contributed by atoms with E-state index in [0.717, 1.165) is 42.9 Å². The van der Waals surface area contributed by atoms with Gasteiger partial charge in [-0.3, -0.25) is 4.79 Å². The van der Waals surface area contributed by atoms with Gasteiger partial charge in [-0.2, -0.15) is 0 Å². The first kappa shape index (κ1) is 25.8. The smallest absolute Gasteiger partial charge is 0.243 e. The standard InChI is InChI=1S/C32H34N2O3/c35-32(34-29-18-8-20-31(24-29)37-22-10-16-27-13-5-2-6-14-27)25-33-28-17-7-19-30(23-28)36-21-9-15-26-11-3-1-4-12-26/h1-8,11-14,17-20,23-24,33H,9-10,15-16,21-22,25H2,(H,34,35). The zero-order chi connectivity index (χ0) is 25.5. The van der Waals surface area contributed by atoms with Gasteiger partial charge in [0.1, 0.15) is 11.5 Å². The normalized spacial score (nSPS) is 10.5. The maximum atomic E-state index is 12.5. The number of hydrogen-bond donors (Lipinski definition) is 2. The molecule has 0 saturated carbocycles. The number of benzene rings is 4. The molecule has 0 radical (unpaired) electrons. The maximum Gasteiger partial charge on any atom is 0.243 e. The van der Waals surface area contributed by atoms with Gasteiger partial charge in [0, 0.05) is 23.5 Å². The molecule has 37 heavy (non-hydrogen) atoms. The molecule has 4 rings (SSSR count).